The van der Waals surface area contributed by atoms with Crippen LogP contribution in [0.15, 0.2) is 42.0 Å². The molecule has 2 aliphatic rings. The Morgan fingerprint density at radius 3 is 2.19 bits per heavy atom. The highest BCUT2D eigenvalue weighted by Crippen LogP contribution is 2.44. The number of likely N-dealkylation sites (tertiary alicyclic amines) is 1. The highest BCUT2D eigenvalue weighted by atomic mass is 16.6. The summed E-state index contributed by atoms with van der Waals surface area (Å²) in [6, 6.07) is 8.20. The molecule has 198 valence electrons. The molecule has 0 spiro atoms. The Labute approximate surface area is 214 Å². The van der Waals surface area contributed by atoms with Gasteiger partial charge in [0, 0.05) is 13.5 Å². The number of carbonyl (C=O) groups excluding carboxylic acids is 3. The van der Waals surface area contributed by atoms with Gasteiger partial charge in [-0.15, -0.1) is 0 Å². The maximum atomic E-state index is 13.4. The van der Waals surface area contributed by atoms with Gasteiger partial charge in [-0.3, -0.25) is 9.69 Å². The zero-order valence-electron chi connectivity index (χ0n) is 22.7. The third-order valence-corrected chi connectivity index (χ3v) is 6.20. The monoisotopic (exact) mass is 500 g/mol. The Morgan fingerprint density at radius 1 is 1.03 bits per heavy atom. The molecule has 1 unspecified atom stereocenters. The molecule has 1 aliphatic heterocycles. The quantitative estimate of drug-likeness (QED) is 0.428. The standard InChI is InChI=1S/C28H40N2O6/c1-17(23(34-8)22-16-19-15-21(19)30(22)26(33)36-28(5,6)7)24(31)29-20(25(32)35-27(2,3)4)14-18-12-10-9-11-13-18/h9-13,15,17,20-23H,14,16H2,1-8H3,(H,29,31)/t17-,20?,21+,22+,23-/m1/s1. The van der Waals surface area contributed by atoms with Crippen LogP contribution in [-0.2, 0) is 30.2 Å². The second-order valence-corrected chi connectivity index (χ2v) is 11.6. The molecule has 5 atom stereocenters. The van der Waals surface area contributed by atoms with E-state index in [2.05, 4.69) is 5.32 Å². The summed E-state index contributed by atoms with van der Waals surface area (Å²) in [7, 11) is 1.54. The third kappa shape index (κ3) is 7.09. The van der Waals surface area contributed by atoms with E-state index in [0.29, 0.717) is 12.8 Å². The zero-order chi connectivity index (χ0) is 26.8. The van der Waals surface area contributed by atoms with E-state index in [1.807, 2.05) is 57.2 Å². The van der Waals surface area contributed by atoms with Gasteiger partial charge in [0.2, 0.25) is 5.91 Å². The first-order chi connectivity index (χ1) is 16.7. The van der Waals surface area contributed by atoms with Gasteiger partial charge in [0.05, 0.1) is 24.1 Å². The number of esters is 1. The second-order valence-electron chi connectivity index (χ2n) is 11.6. The molecular weight excluding hydrogens is 460 g/mol. The minimum absolute atomic E-state index is 0.0784. The topological polar surface area (TPSA) is 94.2 Å². The van der Waals surface area contributed by atoms with E-state index in [1.165, 1.54) is 7.11 Å². The van der Waals surface area contributed by atoms with Crippen molar-refractivity contribution in [1.82, 2.24) is 10.2 Å². The van der Waals surface area contributed by atoms with E-state index >= 15 is 0 Å². The van der Waals surface area contributed by atoms with Crippen LogP contribution >= 0.6 is 0 Å². The number of ether oxygens (including phenoxy) is 3. The number of fused-ring (bicyclic) bond motifs is 1. The molecule has 0 bridgehead atoms. The summed E-state index contributed by atoms with van der Waals surface area (Å²) in [6.07, 6.45) is 1.94. The Kier molecular flexibility index (Phi) is 8.18. The van der Waals surface area contributed by atoms with Crippen LogP contribution in [0.25, 0.3) is 0 Å². The van der Waals surface area contributed by atoms with Crippen LogP contribution in [0.4, 0.5) is 4.79 Å². The van der Waals surface area contributed by atoms with E-state index in [0.717, 1.165) is 11.1 Å². The second kappa shape index (κ2) is 10.6. The summed E-state index contributed by atoms with van der Waals surface area (Å²) >= 11 is 0. The molecule has 1 aliphatic carbocycles. The lowest BCUT2D eigenvalue weighted by Gasteiger charge is -2.36. The van der Waals surface area contributed by atoms with Crippen molar-refractivity contribution in [3.05, 3.63) is 47.5 Å². The van der Waals surface area contributed by atoms with Crippen molar-refractivity contribution in [2.75, 3.05) is 7.11 Å². The SMILES string of the molecule is CO[C@H]([C@@H](C)C(=O)NC(Cc1ccccc1)C(=O)OC(C)(C)C)[C@@H]1CC2=C[C@@H]2N1C(=O)OC(C)(C)C. The van der Waals surface area contributed by atoms with Gasteiger partial charge in [-0.25, -0.2) is 9.59 Å². The molecular formula is C28H40N2O6. The Balaban J connectivity index is 1.75. The molecule has 0 aromatic heterocycles. The molecule has 8 nitrogen and oxygen atoms in total. The van der Waals surface area contributed by atoms with Gasteiger partial charge in [0.1, 0.15) is 17.2 Å². The summed E-state index contributed by atoms with van der Waals surface area (Å²) in [5.41, 5.74) is 0.729. The molecule has 1 N–H and O–H groups in total. The third-order valence-electron chi connectivity index (χ3n) is 6.20. The molecule has 2 amide bonds. The summed E-state index contributed by atoms with van der Waals surface area (Å²) in [5.74, 6) is -1.47. The van der Waals surface area contributed by atoms with E-state index in [1.54, 1.807) is 32.6 Å². The predicted molar refractivity (Wildman–Crippen MR) is 136 cm³/mol. The van der Waals surface area contributed by atoms with Crippen LogP contribution in [-0.4, -0.2) is 65.4 Å². The molecule has 3 rings (SSSR count). The number of carbonyl (C=O) groups is 3. The van der Waals surface area contributed by atoms with E-state index in [-0.39, 0.29) is 18.0 Å². The molecule has 1 heterocycles. The molecule has 36 heavy (non-hydrogen) atoms. The summed E-state index contributed by atoms with van der Waals surface area (Å²) in [4.78, 5) is 41.1. The fourth-order valence-corrected chi connectivity index (χ4v) is 4.55. The van der Waals surface area contributed by atoms with Crippen molar-refractivity contribution in [2.45, 2.75) is 96.7 Å². The molecule has 1 fully saturated rings. The number of amides is 2. The Hall–Kier alpha value is -2.87. The first-order valence-electron chi connectivity index (χ1n) is 12.5. The minimum atomic E-state index is -0.860. The highest BCUT2D eigenvalue weighted by molar-refractivity contribution is 5.86. The maximum absolute atomic E-state index is 13.4. The number of hydrogen-bond donors (Lipinski definition) is 1. The van der Waals surface area contributed by atoms with E-state index in [9.17, 15) is 14.4 Å². The van der Waals surface area contributed by atoms with Crippen LogP contribution < -0.4 is 5.32 Å². The normalized spacial score (nSPS) is 21.6. The average Bonchev–Trinajstić information content (AvgIpc) is 3.41. The van der Waals surface area contributed by atoms with Crippen LogP contribution in [0, 0.1) is 5.92 Å². The van der Waals surface area contributed by atoms with Gasteiger partial charge in [0.25, 0.3) is 0 Å². The van der Waals surface area contributed by atoms with Crippen molar-refractivity contribution in [2.24, 2.45) is 5.92 Å². The van der Waals surface area contributed by atoms with E-state index < -0.39 is 41.3 Å². The van der Waals surface area contributed by atoms with Crippen LogP contribution in [0.2, 0.25) is 0 Å². The lowest BCUT2D eigenvalue weighted by molar-refractivity contribution is -0.159. The van der Waals surface area contributed by atoms with Crippen molar-refractivity contribution >= 4 is 18.0 Å². The number of benzene rings is 1. The summed E-state index contributed by atoms with van der Waals surface area (Å²) in [6.45, 7) is 12.6. The predicted octanol–water partition coefficient (Wildman–Crippen LogP) is 4.02. The minimum Gasteiger partial charge on any atom is -0.458 e. The lowest BCUT2D eigenvalue weighted by Crippen LogP contribution is -2.54. The zero-order valence-corrected chi connectivity index (χ0v) is 22.7. The molecule has 0 radical (unpaired) electrons. The van der Waals surface area contributed by atoms with Gasteiger partial charge in [-0.1, -0.05) is 43.3 Å². The van der Waals surface area contributed by atoms with Crippen molar-refractivity contribution < 1.29 is 28.6 Å². The van der Waals surface area contributed by atoms with Gasteiger partial charge in [-0.2, -0.15) is 0 Å². The smallest absolute Gasteiger partial charge is 0.411 e. The van der Waals surface area contributed by atoms with E-state index in [4.69, 9.17) is 14.2 Å². The van der Waals surface area contributed by atoms with Crippen molar-refractivity contribution in [3.63, 3.8) is 0 Å². The first kappa shape index (κ1) is 27.7. The first-order valence-corrected chi connectivity index (χ1v) is 12.5. The fraction of sp³-hybridized carbons (Fsp3) is 0.607. The van der Waals surface area contributed by atoms with Gasteiger partial charge < -0.3 is 19.5 Å². The summed E-state index contributed by atoms with van der Waals surface area (Å²) < 4.78 is 17.0. The lowest BCUT2D eigenvalue weighted by atomic mass is 9.93. The number of hydrogen-bond acceptors (Lipinski definition) is 6. The largest absolute Gasteiger partial charge is 0.458 e. The van der Waals surface area contributed by atoms with Crippen molar-refractivity contribution in [1.29, 1.82) is 0 Å². The fourth-order valence-electron chi connectivity index (χ4n) is 4.55. The molecule has 1 saturated heterocycles. The highest BCUT2D eigenvalue weighted by Gasteiger charge is 2.52. The maximum Gasteiger partial charge on any atom is 0.411 e. The van der Waals surface area contributed by atoms with Crippen LogP contribution in [0.3, 0.4) is 0 Å². The average molecular weight is 501 g/mol. The van der Waals surface area contributed by atoms with Gasteiger partial charge in [-0.05, 0) is 59.1 Å². The molecule has 1 aromatic carbocycles. The molecule has 1 aromatic rings. The molecule has 0 saturated carbocycles. The summed E-state index contributed by atoms with van der Waals surface area (Å²) in [5, 5.41) is 2.89. The number of nitrogens with zero attached hydrogens (tertiary/aromatic N) is 1. The number of methoxy groups -OCH3 is 1. The number of rotatable bonds is 8. The van der Waals surface area contributed by atoms with Gasteiger partial charge >= 0.3 is 12.1 Å². The van der Waals surface area contributed by atoms with Crippen LogP contribution in [0.5, 0.6) is 0 Å². The molecule has 8 heteroatoms. The van der Waals surface area contributed by atoms with Gasteiger partial charge in [0.15, 0.2) is 0 Å². The number of nitrogens with one attached hydrogen (secondary N) is 1. The van der Waals surface area contributed by atoms with Crippen LogP contribution in [0.1, 0.15) is 60.5 Å². The Morgan fingerprint density at radius 2 is 1.64 bits per heavy atom. The Bertz CT molecular complexity index is 992. The van der Waals surface area contributed by atoms with Crippen molar-refractivity contribution in [3.8, 4) is 0 Å².